The quantitative estimate of drug-likeness (QED) is 0.781. The highest BCUT2D eigenvalue weighted by Crippen LogP contribution is 2.26. The number of nitrogen functional groups attached to an aromatic ring is 1. The molecule has 0 spiro atoms. The van der Waals surface area contributed by atoms with Crippen LogP contribution >= 0.6 is 0 Å². The molecule has 2 aromatic rings. The first kappa shape index (κ1) is 11.1. The van der Waals surface area contributed by atoms with Crippen LogP contribution in [0.2, 0.25) is 0 Å². The number of benzene rings is 2. The van der Waals surface area contributed by atoms with Crippen molar-refractivity contribution in [3.63, 3.8) is 0 Å². The Labute approximate surface area is 97.3 Å². The van der Waals surface area contributed by atoms with Gasteiger partial charge >= 0.3 is 5.97 Å². The van der Waals surface area contributed by atoms with Gasteiger partial charge in [0, 0.05) is 11.3 Å². The zero-order valence-corrected chi connectivity index (χ0v) is 8.85. The van der Waals surface area contributed by atoms with Crippen molar-refractivity contribution in [3.8, 4) is 11.1 Å². The Hall–Kier alpha value is -2.36. The number of hydrogen-bond acceptors (Lipinski definition) is 2. The van der Waals surface area contributed by atoms with Gasteiger partial charge in [-0.2, -0.15) is 0 Å². The lowest BCUT2D eigenvalue weighted by Gasteiger charge is -2.06. The van der Waals surface area contributed by atoms with Gasteiger partial charge in [0.15, 0.2) is 0 Å². The van der Waals surface area contributed by atoms with E-state index in [1.807, 2.05) is 0 Å². The minimum atomic E-state index is -0.983. The Balaban J connectivity index is 2.43. The second-order valence-corrected chi connectivity index (χ2v) is 3.61. The number of carbonyl (C=O) groups is 1. The summed E-state index contributed by atoms with van der Waals surface area (Å²) in [5.74, 6) is -1.38. The van der Waals surface area contributed by atoms with Crippen molar-refractivity contribution in [2.24, 2.45) is 0 Å². The van der Waals surface area contributed by atoms with E-state index in [1.165, 1.54) is 24.3 Å². The number of carboxylic acid groups (broad SMARTS) is 1. The number of hydrogen-bond donors (Lipinski definition) is 2. The molecule has 0 radical (unpaired) electrons. The van der Waals surface area contributed by atoms with Crippen LogP contribution in [0, 0.1) is 5.82 Å². The van der Waals surface area contributed by atoms with E-state index in [-0.39, 0.29) is 5.56 Å². The Morgan fingerprint density at radius 3 is 2.29 bits per heavy atom. The summed E-state index contributed by atoms with van der Waals surface area (Å²) in [5, 5.41) is 8.76. The maximum absolute atomic E-state index is 12.9. The van der Waals surface area contributed by atoms with Crippen LogP contribution in [-0.2, 0) is 0 Å². The minimum Gasteiger partial charge on any atom is -0.478 e. The van der Waals surface area contributed by atoms with Gasteiger partial charge in [0.25, 0.3) is 0 Å². The van der Waals surface area contributed by atoms with E-state index in [0.717, 1.165) is 5.56 Å². The van der Waals surface area contributed by atoms with Gasteiger partial charge in [0.05, 0.1) is 5.56 Å². The smallest absolute Gasteiger partial charge is 0.335 e. The second kappa shape index (κ2) is 4.25. The molecule has 0 fully saturated rings. The average Bonchev–Trinajstić information content (AvgIpc) is 2.29. The van der Waals surface area contributed by atoms with Crippen LogP contribution in [0.25, 0.3) is 11.1 Å². The summed E-state index contributed by atoms with van der Waals surface area (Å²) in [4.78, 5) is 10.7. The van der Waals surface area contributed by atoms with Crippen LogP contribution in [0.3, 0.4) is 0 Å². The van der Waals surface area contributed by atoms with E-state index in [9.17, 15) is 9.18 Å². The van der Waals surface area contributed by atoms with E-state index in [1.54, 1.807) is 18.2 Å². The summed E-state index contributed by atoms with van der Waals surface area (Å²) >= 11 is 0. The van der Waals surface area contributed by atoms with E-state index >= 15 is 0 Å². The van der Waals surface area contributed by atoms with Gasteiger partial charge in [0.1, 0.15) is 5.82 Å². The number of aromatic carboxylic acids is 1. The molecule has 0 aliphatic heterocycles. The van der Waals surface area contributed by atoms with Crippen LogP contribution < -0.4 is 5.73 Å². The SMILES string of the molecule is Nc1cc(F)ccc1-c1ccc(C(=O)O)cc1. The molecule has 0 saturated carbocycles. The Morgan fingerprint density at radius 2 is 1.76 bits per heavy atom. The lowest BCUT2D eigenvalue weighted by atomic mass is 10.0. The summed E-state index contributed by atoms with van der Waals surface area (Å²) in [6.45, 7) is 0. The number of carboxylic acids is 1. The molecule has 0 atom stereocenters. The summed E-state index contributed by atoms with van der Waals surface area (Å²) in [5.41, 5.74) is 7.67. The van der Waals surface area contributed by atoms with Gasteiger partial charge in [-0.25, -0.2) is 9.18 Å². The van der Waals surface area contributed by atoms with Gasteiger partial charge in [-0.05, 0) is 35.9 Å². The van der Waals surface area contributed by atoms with Crippen LogP contribution in [0.4, 0.5) is 10.1 Å². The van der Waals surface area contributed by atoms with Crippen molar-refractivity contribution in [2.75, 3.05) is 5.73 Å². The molecule has 0 unspecified atom stereocenters. The Kier molecular flexibility index (Phi) is 2.78. The summed E-state index contributed by atoms with van der Waals surface area (Å²) in [6, 6.07) is 10.4. The Morgan fingerprint density at radius 1 is 1.12 bits per heavy atom. The minimum absolute atomic E-state index is 0.203. The zero-order chi connectivity index (χ0) is 12.4. The highest BCUT2D eigenvalue weighted by Gasteiger charge is 2.06. The molecular formula is C13H10FNO2. The molecule has 2 rings (SSSR count). The summed E-state index contributed by atoms with van der Waals surface area (Å²) in [6.07, 6.45) is 0. The standard InChI is InChI=1S/C13H10FNO2/c14-10-5-6-11(12(15)7-10)8-1-3-9(4-2-8)13(16)17/h1-7H,15H2,(H,16,17). The fourth-order valence-corrected chi connectivity index (χ4v) is 1.59. The van der Waals surface area contributed by atoms with Crippen LogP contribution in [-0.4, -0.2) is 11.1 Å². The lowest BCUT2D eigenvalue weighted by molar-refractivity contribution is 0.0697. The number of nitrogens with two attached hydrogens (primary N) is 1. The molecule has 0 bridgehead atoms. The first-order chi connectivity index (χ1) is 8.08. The normalized spacial score (nSPS) is 10.2. The highest BCUT2D eigenvalue weighted by atomic mass is 19.1. The number of anilines is 1. The molecule has 0 amide bonds. The molecule has 0 heterocycles. The van der Waals surface area contributed by atoms with Crippen LogP contribution in [0.15, 0.2) is 42.5 Å². The molecule has 17 heavy (non-hydrogen) atoms. The number of halogens is 1. The van der Waals surface area contributed by atoms with Gasteiger partial charge < -0.3 is 10.8 Å². The summed E-state index contributed by atoms with van der Waals surface area (Å²) in [7, 11) is 0. The van der Waals surface area contributed by atoms with Gasteiger partial charge in [-0.3, -0.25) is 0 Å². The molecule has 0 aliphatic carbocycles. The molecule has 0 saturated heterocycles. The fourth-order valence-electron chi connectivity index (χ4n) is 1.59. The largest absolute Gasteiger partial charge is 0.478 e. The molecule has 2 aromatic carbocycles. The molecule has 0 aliphatic rings. The van der Waals surface area contributed by atoms with E-state index in [2.05, 4.69) is 0 Å². The molecular weight excluding hydrogens is 221 g/mol. The van der Waals surface area contributed by atoms with E-state index in [4.69, 9.17) is 10.8 Å². The number of rotatable bonds is 2. The van der Waals surface area contributed by atoms with Crippen molar-refractivity contribution in [1.29, 1.82) is 0 Å². The van der Waals surface area contributed by atoms with Crippen LogP contribution in [0.1, 0.15) is 10.4 Å². The monoisotopic (exact) mass is 231 g/mol. The average molecular weight is 231 g/mol. The molecule has 0 aromatic heterocycles. The predicted molar refractivity (Wildman–Crippen MR) is 63.2 cm³/mol. The third-order valence-electron chi connectivity index (χ3n) is 2.46. The first-order valence-corrected chi connectivity index (χ1v) is 4.96. The molecule has 3 N–H and O–H groups in total. The van der Waals surface area contributed by atoms with Gasteiger partial charge in [-0.15, -0.1) is 0 Å². The Bertz CT molecular complexity index is 564. The van der Waals surface area contributed by atoms with Crippen molar-refractivity contribution < 1.29 is 14.3 Å². The van der Waals surface area contributed by atoms with Crippen molar-refractivity contribution in [1.82, 2.24) is 0 Å². The van der Waals surface area contributed by atoms with Crippen molar-refractivity contribution >= 4 is 11.7 Å². The topological polar surface area (TPSA) is 63.3 Å². The van der Waals surface area contributed by atoms with Crippen molar-refractivity contribution in [3.05, 3.63) is 53.8 Å². The summed E-state index contributed by atoms with van der Waals surface area (Å²) < 4.78 is 12.9. The molecule has 4 heteroatoms. The maximum atomic E-state index is 12.9. The lowest BCUT2D eigenvalue weighted by Crippen LogP contribution is -1.96. The van der Waals surface area contributed by atoms with Gasteiger partial charge in [-0.1, -0.05) is 12.1 Å². The fraction of sp³-hybridized carbons (Fsp3) is 0. The van der Waals surface area contributed by atoms with E-state index in [0.29, 0.717) is 11.3 Å². The van der Waals surface area contributed by atoms with Gasteiger partial charge in [0.2, 0.25) is 0 Å². The predicted octanol–water partition coefficient (Wildman–Crippen LogP) is 2.77. The highest BCUT2D eigenvalue weighted by molar-refractivity contribution is 5.88. The molecule has 86 valence electrons. The van der Waals surface area contributed by atoms with Crippen molar-refractivity contribution in [2.45, 2.75) is 0 Å². The van der Waals surface area contributed by atoms with E-state index < -0.39 is 11.8 Å². The third kappa shape index (κ3) is 2.25. The maximum Gasteiger partial charge on any atom is 0.335 e. The first-order valence-electron chi connectivity index (χ1n) is 4.96. The van der Waals surface area contributed by atoms with Crippen LogP contribution in [0.5, 0.6) is 0 Å². The second-order valence-electron chi connectivity index (χ2n) is 3.61. The molecule has 3 nitrogen and oxygen atoms in total. The third-order valence-corrected chi connectivity index (χ3v) is 2.46. The zero-order valence-electron chi connectivity index (χ0n) is 8.85.